The number of aliphatic carboxylic acids is 1. The number of carboxylic acids is 1. The molecule has 0 radical (unpaired) electrons. The molecule has 0 saturated heterocycles. The minimum Gasteiger partial charge on any atom is -0.481 e. The average Bonchev–Trinajstić information content (AvgIpc) is 2.87. The van der Waals surface area contributed by atoms with Gasteiger partial charge in [-0.1, -0.05) is 12.2 Å². The highest BCUT2D eigenvalue weighted by Crippen LogP contribution is 2.41. The van der Waals surface area contributed by atoms with Crippen LogP contribution in [0.25, 0.3) is 0 Å². The van der Waals surface area contributed by atoms with E-state index in [-0.39, 0.29) is 0 Å². The standard InChI is InChI=1S/C11H11ClO2S/c12-7-8-3-4-9(15-8)11(10(13)14)5-1-2-6-11/h1-4H,5-7H2,(H,13,14). The molecule has 1 heterocycles. The maximum atomic E-state index is 11.4. The van der Waals surface area contributed by atoms with Crippen molar-refractivity contribution in [3.8, 4) is 0 Å². The van der Waals surface area contributed by atoms with Crippen molar-refractivity contribution >= 4 is 28.9 Å². The van der Waals surface area contributed by atoms with E-state index in [1.54, 1.807) is 0 Å². The van der Waals surface area contributed by atoms with Crippen molar-refractivity contribution in [1.82, 2.24) is 0 Å². The molecular weight excluding hydrogens is 232 g/mol. The summed E-state index contributed by atoms with van der Waals surface area (Å²) in [7, 11) is 0. The van der Waals surface area contributed by atoms with Gasteiger partial charge in [0.05, 0.1) is 5.88 Å². The van der Waals surface area contributed by atoms with Crippen LogP contribution in [0.15, 0.2) is 24.3 Å². The fraction of sp³-hybridized carbons (Fsp3) is 0.364. The van der Waals surface area contributed by atoms with Crippen molar-refractivity contribution in [2.75, 3.05) is 0 Å². The third-order valence-electron chi connectivity index (χ3n) is 2.77. The Hall–Kier alpha value is -0.800. The van der Waals surface area contributed by atoms with Gasteiger partial charge >= 0.3 is 5.97 Å². The van der Waals surface area contributed by atoms with Gasteiger partial charge in [0, 0.05) is 9.75 Å². The summed E-state index contributed by atoms with van der Waals surface area (Å²) in [5.41, 5.74) is -0.727. The highest BCUT2D eigenvalue weighted by molar-refractivity contribution is 7.12. The van der Waals surface area contributed by atoms with Crippen LogP contribution < -0.4 is 0 Å². The topological polar surface area (TPSA) is 37.3 Å². The second kappa shape index (κ2) is 3.99. The largest absolute Gasteiger partial charge is 0.481 e. The monoisotopic (exact) mass is 242 g/mol. The number of thiophene rings is 1. The average molecular weight is 243 g/mol. The van der Waals surface area contributed by atoms with Gasteiger partial charge in [-0.2, -0.15) is 0 Å². The molecule has 80 valence electrons. The van der Waals surface area contributed by atoms with E-state index in [9.17, 15) is 9.90 Å². The van der Waals surface area contributed by atoms with E-state index in [0.717, 1.165) is 9.75 Å². The van der Waals surface area contributed by atoms with Crippen LogP contribution in [0.2, 0.25) is 0 Å². The molecule has 0 unspecified atom stereocenters. The zero-order valence-corrected chi connectivity index (χ0v) is 9.64. The third kappa shape index (κ3) is 1.70. The fourth-order valence-electron chi connectivity index (χ4n) is 1.84. The van der Waals surface area contributed by atoms with Crippen molar-refractivity contribution in [3.63, 3.8) is 0 Å². The molecule has 0 fully saturated rings. The molecule has 0 spiro atoms. The Balaban J connectivity index is 2.37. The summed E-state index contributed by atoms with van der Waals surface area (Å²) in [6.45, 7) is 0. The van der Waals surface area contributed by atoms with Gasteiger partial charge in [-0.25, -0.2) is 0 Å². The van der Waals surface area contributed by atoms with Crippen LogP contribution >= 0.6 is 22.9 Å². The maximum Gasteiger partial charge on any atom is 0.315 e. The van der Waals surface area contributed by atoms with E-state index in [2.05, 4.69) is 0 Å². The van der Waals surface area contributed by atoms with Crippen molar-refractivity contribution in [3.05, 3.63) is 34.0 Å². The van der Waals surface area contributed by atoms with E-state index in [1.165, 1.54) is 11.3 Å². The summed E-state index contributed by atoms with van der Waals surface area (Å²) in [5.74, 6) is -0.288. The van der Waals surface area contributed by atoms with Crippen molar-refractivity contribution in [2.24, 2.45) is 0 Å². The first-order valence-electron chi connectivity index (χ1n) is 4.72. The molecule has 0 bridgehead atoms. The van der Waals surface area contributed by atoms with Gasteiger partial charge in [0.15, 0.2) is 0 Å². The minimum atomic E-state index is -0.740. The third-order valence-corrected chi connectivity index (χ3v) is 4.51. The molecule has 0 aromatic carbocycles. The molecule has 1 N–H and O–H groups in total. The van der Waals surface area contributed by atoms with Crippen molar-refractivity contribution in [2.45, 2.75) is 24.1 Å². The molecule has 1 aliphatic rings. The minimum absolute atomic E-state index is 0.452. The van der Waals surface area contributed by atoms with Gasteiger partial charge in [-0.05, 0) is 25.0 Å². The lowest BCUT2D eigenvalue weighted by molar-refractivity contribution is -0.143. The van der Waals surface area contributed by atoms with Crippen LogP contribution in [0.3, 0.4) is 0 Å². The first kappa shape index (κ1) is 10.7. The quantitative estimate of drug-likeness (QED) is 0.653. The Morgan fingerprint density at radius 1 is 1.47 bits per heavy atom. The van der Waals surface area contributed by atoms with Gasteiger partial charge in [-0.3, -0.25) is 4.79 Å². The predicted molar refractivity (Wildman–Crippen MR) is 61.6 cm³/mol. The predicted octanol–water partition coefficient (Wildman–Crippen LogP) is 3.16. The van der Waals surface area contributed by atoms with Crippen LogP contribution in [0, 0.1) is 0 Å². The number of carbonyl (C=O) groups is 1. The van der Waals surface area contributed by atoms with E-state index in [4.69, 9.17) is 11.6 Å². The Kier molecular flexibility index (Phi) is 2.85. The SMILES string of the molecule is O=C(O)C1(c2ccc(CCl)s2)CC=CC1. The summed E-state index contributed by atoms with van der Waals surface area (Å²) >= 11 is 7.22. The Morgan fingerprint density at radius 2 is 2.13 bits per heavy atom. The smallest absolute Gasteiger partial charge is 0.315 e. The first-order chi connectivity index (χ1) is 7.19. The lowest BCUT2D eigenvalue weighted by Crippen LogP contribution is -2.31. The summed E-state index contributed by atoms with van der Waals surface area (Å²) in [5, 5.41) is 9.33. The zero-order valence-electron chi connectivity index (χ0n) is 8.07. The second-order valence-corrected chi connectivity index (χ2v) is 5.10. The van der Waals surface area contributed by atoms with Gasteiger partial charge in [0.2, 0.25) is 0 Å². The molecule has 0 saturated carbocycles. The first-order valence-corrected chi connectivity index (χ1v) is 6.08. The molecule has 0 aliphatic heterocycles. The van der Waals surface area contributed by atoms with Crippen LogP contribution in [0.1, 0.15) is 22.6 Å². The van der Waals surface area contributed by atoms with Crippen LogP contribution in [0.5, 0.6) is 0 Å². The number of alkyl halides is 1. The Morgan fingerprint density at radius 3 is 2.60 bits per heavy atom. The highest BCUT2D eigenvalue weighted by Gasteiger charge is 2.41. The summed E-state index contributed by atoms with van der Waals surface area (Å²) < 4.78 is 0. The number of halogens is 1. The molecule has 4 heteroatoms. The second-order valence-electron chi connectivity index (χ2n) is 3.67. The normalized spacial score (nSPS) is 18.2. The van der Waals surface area contributed by atoms with E-state index < -0.39 is 11.4 Å². The Bertz CT molecular complexity index is 400. The van der Waals surface area contributed by atoms with E-state index >= 15 is 0 Å². The number of rotatable bonds is 3. The maximum absolute atomic E-state index is 11.4. The molecule has 1 aliphatic carbocycles. The number of allylic oxidation sites excluding steroid dienone is 2. The molecule has 1 aromatic rings. The Labute approximate surface area is 97.2 Å². The number of hydrogen-bond acceptors (Lipinski definition) is 2. The molecule has 0 atom stereocenters. The van der Waals surface area contributed by atoms with Crippen LogP contribution in [0.4, 0.5) is 0 Å². The summed E-state index contributed by atoms with van der Waals surface area (Å²) in [6.07, 6.45) is 5.05. The van der Waals surface area contributed by atoms with E-state index in [1.807, 2.05) is 24.3 Å². The summed E-state index contributed by atoms with van der Waals surface area (Å²) in [4.78, 5) is 13.3. The number of carboxylic acid groups (broad SMARTS) is 1. The zero-order chi connectivity index (χ0) is 10.9. The van der Waals surface area contributed by atoms with Crippen LogP contribution in [-0.4, -0.2) is 11.1 Å². The van der Waals surface area contributed by atoms with Gasteiger partial charge in [-0.15, -0.1) is 22.9 Å². The number of hydrogen-bond donors (Lipinski definition) is 1. The molecule has 2 rings (SSSR count). The van der Waals surface area contributed by atoms with Gasteiger partial charge < -0.3 is 5.11 Å². The van der Waals surface area contributed by atoms with Crippen molar-refractivity contribution < 1.29 is 9.90 Å². The van der Waals surface area contributed by atoms with Gasteiger partial charge in [0.1, 0.15) is 5.41 Å². The van der Waals surface area contributed by atoms with E-state index in [0.29, 0.717) is 18.7 Å². The van der Waals surface area contributed by atoms with Crippen molar-refractivity contribution in [1.29, 1.82) is 0 Å². The molecule has 2 nitrogen and oxygen atoms in total. The highest BCUT2D eigenvalue weighted by atomic mass is 35.5. The fourth-order valence-corrected chi connectivity index (χ4v) is 3.15. The lowest BCUT2D eigenvalue weighted by atomic mass is 9.84. The molecule has 15 heavy (non-hydrogen) atoms. The molecule has 0 amide bonds. The lowest BCUT2D eigenvalue weighted by Gasteiger charge is -2.21. The molecular formula is C11H11ClO2S. The van der Waals surface area contributed by atoms with Crippen LogP contribution in [-0.2, 0) is 16.1 Å². The summed E-state index contributed by atoms with van der Waals surface area (Å²) in [6, 6.07) is 3.81. The van der Waals surface area contributed by atoms with Gasteiger partial charge in [0.25, 0.3) is 0 Å². The molecule has 1 aromatic heterocycles.